The predicted octanol–water partition coefficient (Wildman–Crippen LogP) is 4.18. The molecule has 3 fully saturated rings. The van der Waals surface area contributed by atoms with Gasteiger partial charge in [-0.2, -0.15) is 0 Å². The number of imide groups is 1. The monoisotopic (exact) mass is 569 g/mol. The molecule has 32 heavy (non-hydrogen) atoms. The van der Waals surface area contributed by atoms with Crippen LogP contribution in [-0.2, 0) is 14.4 Å². The number of halogens is 2. The summed E-state index contributed by atoms with van der Waals surface area (Å²) in [5.74, 6) is -0.210. The van der Waals surface area contributed by atoms with Gasteiger partial charge in [-0.05, 0) is 44.1 Å². The fourth-order valence-corrected chi connectivity index (χ4v) is 7.34. The summed E-state index contributed by atoms with van der Waals surface area (Å²) in [7, 11) is 0. The molecule has 0 radical (unpaired) electrons. The van der Waals surface area contributed by atoms with Crippen molar-refractivity contribution in [2.45, 2.75) is 48.7 Å². The molecule has 172 valence electrons. The van der Waals surface area contributed by atoms with Gasteiger partial charge in [-0.25, -0.2) is 0 Å². The summed E-state index contributed by atoms with van der Waals surface area (Å²) in [4.78, 5) is 50.4. The highest BCUT2D eigenvalue weighted by Crippen LogP contribution is 2.60. The minimum Gasteiger partial charge on any atom is -0.326 e. The van der Waals surface area contributed by atoms with Gasteiger partial charge in [-0.3, -0.25) is 29.4 Å². The van der Waals surface area contributed by atoms with Gasteiger partial charge in [-0.15, -0.1) is 0 Å². The Labute approximate surface area is 202 Å². The number of nitro groups is 1. The first-order valence-corrected chi connectivity index (χ1v) is 12.7. The van der Waals surface area contributed by atoms with Crippen LogP contribution < -0.4 is 5.32 Å². The van der Waals surface area contributed by atoms with Crippen LogP contribution in [0.5, 0.6) is 0 Å². The molecule has 1 N–H and O–H groups in total. The fraction of sp³-hybridized carbons (Fsp3) is 0.591. The van der Waals surface area contributed by atoms with Gasteiger partial charge in [0.05, 0.1) is 16.8 Å². The second-order valence-corrected chi connectivity index (χ2v) is 11.1. The van der Waals surface area contributed by atoms with Crippen molar-refractivity contribution in [2.75, 3.05) is 11.9 Å². The molecule has 4 rings (SSSR count). The van der Waals surface area contributed by atoms with Gasteiger partial charge in [0.2, 0.25) is 17.7 Å². The molecule has 2 aliphatic carbocycles. The highest BCUT2D eigenvalue weighted by Gasteiger charge is 2.66. The van der Waals surface area contributed by atoms with Gasteiger partial charge in [-0.1, -0.05) is 44.3 Å². The van der Waals surface area contributed by atoms with E-state index in [4.69, 9.17) is 0 Å². The maximum Gasteiger partial charge on any atom is 0.274 e. The molecule has 1 heterocycles. The minimum atomic E-state index is -0.471. The molecule has 1 aromatic rings. The zero-order valence-electron chi connectivity index (χ0n) is 17.6. The summed E-state index contributed by atoms with van der Waals surface area (Å²) in [6.07, 6.45) is 3.18. The van der Waals surface area contributed by atoms with Crippen molar-refractivity contribution in [3.8, 4) is 0 Å². The van der Waals surface area contributed by atoms with Crippen molar-refractivity contribution < 1.29 is 19.3 Å². The van der Waals surface area contributed by atoms with Crippen LogP contribution in [0.15, 0.2) is 18.2 Å². The summed E-state index contributed by atoms with van der Waals surface area (Å²) in [6.45, 7) is 2.05. The Morgan fingerprint density at radius 2 is 1.75 bits per heavy atom. The normalized spacial score (nSPS) is 30.7. The number of aryl methyl sites for hydroxylation is 1. The Morgan fingerprint density at radius 3 is 2.34 bits per heavy atom. The average molecular weight is 571 g/mol. The second kappa shape index (κ2) is 9.21. The lowest BCUT2D eigenvalue weighted by Crippen LogP contribution is -2.37. The highest BCUT2D eigenvalue weighted by atomic mass is 79.9. The van der Waals surface area contributed by atoms with Gasteiger partial charge < -0.3 is 5.32 Å². The first kappa shape index (κ1) is 23.4. The Hall–Kier alpha value is -1.81. The number of hydrogen-bond acceptors (Lipinski definition) is 5. The number of alkyl halides is 2. The first-order chi connectivity index (χ1) is 15.2. The number of rotatable bonds is 8. The van der Waals surface area contributed by atoms with Crippen molar-refractivity contribution in [1.29, 1.82) is 0 Å². The van der Waals surface area contributed by atoms with Crippen molar-refractivity contribution in [1.82, 2.24) is 4.90 Å². The Balaban J connectivity index is 1.21. The number of nitrogens with one attached hydrogen (secondary N) is 1. The van der Waals surface area contributed by atoms with Crippen molar-refractivity contribution in [3.63, 3.8) is 0 Å². The van der Waals surface area contributed by atoms with Crippen LogP contribution in [0, 0.1) is 40.7 Å². The van der Waals surface area contributed by atoms with Crippen LogP contribution >= 0.6 is 31.9 Å². The maximum absolute atomic E-state index is 12.9. The molecular weight excluding hydrogens is 546 g/mol. The van der Waals surface area contributed by atoms with E-state index in [1.54, 1.807) is 19.1 Å². The summed E-state index contributed by atoms with van der Waals surface area (Å²) in [6, 6.07) is 4.61. The number of unbranched alkanes of at least 4 members (excludes halogenated alkanes) is 2. The molecule has 0 spiro atoms. The van der Waals surface area contributed by atoms with Crippen LogP contribution in [0.3, 0.4) is 0 Å². The van der Waals surface area contributed by atoms with Gasteiger partial charge in [0, 0.05) is 39.9 Å². The summed E-state index contributed by atoms with van der Waals surface area (Å²) in [5, 5.41) is 13.7. The molecule has 10 heteroatoms. The van der Waals surface area contributed by atoms with Crippen LogP contribution in [0.4, 0.5) is 11.4 Å². The molecular formula is C22H25Br2N3O5. The maximum atomic E-state index is 12.9. The van der Waals surface area contributed by atoms with Crippen molar-refractivity contribution in [2.24, 2.45) is 23.7 Å². The number of benzene rings is 1. The van der Waals surface area contributed by atoms with E-state index in [2.05, 4.69) is 37.2 Å². The van der Waals surface area contributed by atoms with E-state index in [-0.39, 0.29) is 63.2 Å². The van der Waals surface area contributed by atoms with Crippen molar-refractivity contribution >= 4 is 61.0 Å². The van der Waals surface area contributed by atoms with Gasteiger partial charge in [0.15, 0.2) is 0 Å². The van der Waals surface area contributed by atoms with E-state index in [0.29, 0.717) is 37.1 Å². The third-order valence-electron chi connectivity index (χ3n) is 7.05. The lowest BCUT2D eigenvalue weighted by Gasteiger charge is -2.28. The predicted molar refractivity (Wildman–Crippen MR) is 126 cm³/mol. The number of nitro benzene ring substituents is 1. The number of carbonyl (C=O) groups excluding carboxylic acids is 3. The summed E-state index contributed by atoms with van der Waals surface area (Å²) >= 11 is 7.38. The zero-order chi connectivity index (χ0) is 23.2. The number of hydrogen-bond donors (Lipinski definition) is 1. The van der Waals surface area contributed by atoms with E-state index in [1.165, 1.54) is 11.0 Å². The zero-order valence-corrected chi connectivity index (χ0v) is 20.8. The number of nitrogens with zero attached hydrogens (tertiary/aromatic N) is 2. The molecule has 1 aromatic carbocycles. The third kappa shape index (κ3) is 4.11. The van der Waals surface area contributed by atoms with Crippen molar-refractivity contribution in [3.05, 3.63) is 33.9 Å². The second-order valence-electron chi connectivity index (χ2n) is 8.95. The minimum absolute atomic E-state index is 0.0292. The van der Waals surface area contributed by atoms with Gasteiger partial charge in [0.25, 0.3) is 5.69 Å². The Bertz CT molecular complexity index is 939. The molecule has 3 aliphatic rings. The largest absolute Gasteiger partial charge is 0.326 e. The van der Waals surface area contributed by atoms with E-state index in [9.17, 15) is 24.5 Å². The topological polar surface area (TPSA) is 110 Å². The molecule has 8 nitrogen and oxygen atoms in total. The molecule has 2 saturated carbocycles. The number of fused-ring (bicyclic) bond motifs is 5. The number of amides is 3. The van der Waals surface area contributed by atoms with Gasteiger partial charge >= 0.3 is 0 Å². The van der Waals surface area contributed by atoms with Crippen LogP contribution in [0.2, 0.25) is 0 Å². The fourth-order valence-electron chi connectivity index (χ4n) is 5.47. The average Bonchev–Trinajstić information content (AvgIpc) is 3.35. The Morgan fingerprint density at radius 1 is 1.12 bits per heavy atom. The van der Waals surface area contributed by atoms with E-state index >= 15 is 0 Å². The smallest absolute Gasteiger partial charge is 0.274 e. The molecule has 1 aliphatic heterocycles. The highest BCUT2D eigenvalue weighted by molar-refractivity contribution is 9.12. The lowest BCUT2D eigenvalue weighted by molar-refractivity contribution is -0.385. The number of likely N-dealkylation sites (tertiary alicyclic amines) is 1. The summed E-state index contributed by atoms with van der Waals surface area (Å²) in [5.41, 5.74) is 0.907. The standard InChI is InChI=1S/C22H25Br2N3O5/c1-11-6-7-12(9-15(11)27(31)32)25-16(28)5-3-2-4-8-26-21(29)17-13-10-14(18(17)22(26)30)20(24)19(13)23/h6-7,9,13-14,17-20H,2-5,8,10H2,1H3,(H,25,28)/t13-,14-,17-,18-,19-,20+/m1/s1. The molecule has 3 amide bonds. The summed E-state index contributed by atoms with van der Waals surface area (Å²) < 4.78 is 0. The van der Waals surface area contributed by atoms with E-state index in [0.717, 1.165) is 6.42 Å². The number of anilines is 1. The number of carbonyl (C=O) groups is 3. The van der Waals surface area contributed by atoms with E-state index in [1.807, 2.05) is 0 Å². The molecule has 6 atom stereocenters. The van der Waals surface area contributed by atoms with Crippen LogP contribution in [0.1, 0.15) is 37.7 Å². The molecule has 0 aromatic heterocycles. The van der Waals surface area contributed by atoms with Crippen LogP contribution in [-0.4, -0.2) is 43.7 Å². The third-order valence-corrected chi connectivity index (χ3v) is 10.3. The Kier molecular flexibility index (Phi) is 6.72. The SMILES string of the molecule is Cc1ccc(NC(=O)CCCCCN2C(=O)[C@@H]3[C@H]4C[C@@H]([C@@H](Br)[C@H]4Br)[C@H]3C2=O)cc1[N+](=O)[O-]. The molecule has 1 saturated heterocycles. The van der Waals surface area contributed by atoms with E-state index < -0.39 is 4.92 Å². The first-order valence-electron chi connectivity index (χ1n) is 10.9. The quantitative estimate of drug-likeness (QED) is 0.166. The van der Waals surface area contributed by atoms with Crippen LogP contribution in [0.25, 0.3) is 0 Å². The molecule has 0 unspecified atom stereocenters. The lowest BCUT2D eigenvalue weighted by atomic mass is 9.81. The molecule has 2 bridgehead atoms. The van der Waals surface area contributed by atoms with Gasteiger partial charge in [0.1, 0.15) is 0 Å².